The highest BCUT2D eigenvalue weighted by atomic mass is 32.2. The summed E-state index contributed by atoms with van der Waals surface area (Å²) in [6.07, 6.45) is 3.24. The molecule has 3 rings (SSSR count). The van der Waals surface area contributed by atoms with Crippen LogP contribution in [0.3, 0.4) is 0 Å². The molecular formula is C17H23N3OS. The molecule has 0 amide bonds. The minimum atomic E-state index is -0.401. The first-order chi connectivity index (χ1) is 10.7. The molecule has 2 heterocycles. The molecule has 5 heteroatoms. The lowest BCUT2D eigenvalue weighted by Crippen LogP contribution is -2.44. The first-order valence-electron chi connectivity index (χ1n) is 7.80. The van der Waals surface area contributed by atoms with Crippen LogP contribution in [0, 0.1) is 0 Å². The van der Waals surface area contributed by atoms with Crippen LogP contribution in [-0.2, 0) is 6.54 Å². The van der Waals surface area contributed by atoms with E-state index in [-0.39, 0.29) is 0 Å². The molecule has 2 aromatic rings. The van der Waals surface area contributed by atoms with E-state index in [1.165, 1.54) is 5.56 Å². The maximum absolute atomic E-state index is 10.4. The first kappa shape index (κ1) is 15.6. The van der Waals surface area contributed by atoms with Gasteiger partial charge in [-0.15, -0.1) is 0 Å². The van der Waals surface area contributed by atoms with Crippen LogP contribution in [0.15, 0.2) is 48.8 Å². The molecule has 118 valence electrons. The standard InChI is InChI=1S/C17H23N3OS/c1-14-17(15-6-3-2-4-7-15)19(10-11-22-14)12-16(21)13-20-9-5-8-18-20/h2-9,14,16-17,21H,10-13H2,1H3/t14-,16+,17+/m0/s1. The van der Waals surface area contributed by atoms with Crippen molar-refractivity contribution in [2.45, 2.75) is 30.9 Å². The van der Waals surface area contributed by atoms with Crippen LogP contribution in [0.2, 0.25) is 0 Å². The van der Waals surface area contributed by atoms with Crippen molar-refractivity contribution in [2.24, 2.45) is 0 Å². The quantitative estimate of drug-likeness (QED) is 0.919. The second-order valence-electron chi connectivity index (χ2n) is 5.81. The zero-order chi connectivity index (χ0) is 15.4. The molecule has 1 aromatic heterocycles. The number of aromatic nitrogens is 2. The molecule has 1 aromatic carbocycles. The van der Waals surface area contributed by atoms with Gasteiger partial charge in [0.15, 0.2) is 0 Å². The number of hydrogen-bond donors (Lipinski definition) is 1. The normalized spacial score (nSPS) is 24.3. The van der Waals surface area contributed by atoms with Crippen LogP contribution < -0.4 is 0 Å². The van der Waals surface area contributed by atoms with Gasteiger partial charge in [0, 0.05) is 42.5 Å². The van der Waals surface area contributed by atoms with Crippen LogP contribution >= 0.6 is 11.8 Å². The zero-order valence-electron chi connectivity index (χ0n) is 12.9. The molecular weight excluding hydrogens is 294 g/mol. The van der Waals surface area contributed by atoms with Crippen molar-refractivity contribution in [3.63, 3.8) is 0 Å². The molecule has 0 saturated carbocycles. The van der Waals surface area contributed by atoms with Gasteiger partial charge in [-0.1, -0.05) is 37.3 Å². The second-order valence-corrected chi connectivity index (χ2v) is 7.29. The number of aliphatic hydroxyl groups is 1. The number of nitrogens with zero attached hydrogens (tertiary/aromatic N) is 3. The largest absolute Gasteiger partial charge is 0.390 e. The Bertz CT molecular complexity index is 561. The van der Waals surface area contributed by atoms with Gasteiger partial charge in [0.1, 0.15) is 0 Å². The number of thioether (sulfide) groups is 1. The Morgan fingerprint density at radius 2 is 2.09 bits per heavy atom. The highest BCUT2D eigenvalue weighted by Gasteiger charge is 2.31. The summed E-state index contributed by atoms with van der Waals surface area (Å²) in [5.41, 5.74) is 1.34. The highest BCUT2D eigenvalue weighted by Crippen LogP contribution is 2.35. The third-order valence-corrected chi connectivity index (χ3v) is 5.34. The van der Waals surface area contributed by atoms with Crippen molar-refractivity contribution in [3.05, 3.63) is 54.4 Å². The molecule has 0 unspecified atom stereocenters. The molecule has 1 aliphatic rings. The van der Waals surface area contributed by atoms with E-state index in [1.54, 1.807) is 10.9 Å². The van der Waals surface area contributed by atoms with Crippen molar-refractivity contribution in [3.8, 4) is 0 Å². The summed E-state index contributed by atoms with van der Waals surface area (Å²) in [6, 6.07) is 12.9. The van der Waals surface area contributed by atoms with Crippen molar-refractivity contribution < 1.29 is 5.11 Å². The molecule has 0 aliphatic carbocycles. The Morgan fingerprint density at radius 3 is 2.82 bits per heavy atom. The minimum absolute atomic E-state index is 0.368. The molecule has 0 spiro atoms. The molecule has 1 N–H and O–H groups in total. The summed E-state index contributed by atoms with van der Waals surface area (Å²) < 4.78 is 1.80. The first-order valence-corrected chi connectivity index (χ1v) is 8.85. The van der Waals surface area contributed by atoms with Crippen molar-refractivity contribution in [1.29, 1.82) is 0 Å². The summed E-state index contributed by atoms with van der Waals surface area (Å²) in [5.74, 6) is 1.12. The predicted molar refractivity (Wildman–Crippen MR) is 90.9 cm³/mol. The molecule has 22 heavy (non-hydrogen) atoms. The second kappa shape index (κ2) is 7.31. The van der Waals surface area contributed by atoms with Gasteiger partial charge in [-0.05, 0) is 11.6 Å². The van der Waals surface area contributed by atoms with Gasteiger partial charge in [-0.25, -0.2) is 0 Å². The van der Waals surface area contributed by atoms with E-state index in [0.717, 1.165) is 12.3 Å². The summed E-state index contributed by atoms with van der Waals surface area (Å²) >= 11 is 2.02. The van der Waals surface area contributed by atoms with Crippen molar-refractivity contribution in [1.82, 2.24) is 14.7 Å². The van der Waals surface area contributed by atoms with Gasteiger partial charge in [0.2, 0.25) is 0 Å². The average molecular weight is 317 g/mol. The molecule has 3 atom stereocenters. The number of rotatable bonds is 5. The van der Waals surface area contributed by atoms with Gasteiger partial charge in [-0.2, -0.15) is 16.9 Å². The summed E-state index contributed by atoms with van der Waals surface area (Å²) in [7, 11) is 0. The SMILES string of the molecule is C[C@@H]1SCCN(C[C@@H](O)Cn2cccn2)[C@H]1c1ccccc1. The van der Waals surface area contributed by atoms with E-state index in [2.05, 4.69) is 47.3 Å². The average Bonchev–Trinajstić information content (AvgIpc) is 3.01. The number of aliphatic hydroxyl groups excluding tert-OH is 1. The summed E-state index contributed by atoms with van der Waals surface area (Å²) in [5, 5.41) is 15.1. The van der Waals surface area contributed by atoms with Gasteiger partial charge in [0.05, 0.1) is 12.6 Å². The fourth-order valence-corrected chi connectivity index (χ4v) is 4.40. The van der Waals surface area contributed by atoms with Crippen LogP contribution in [0.1, 0.15) is 18.5 Å². The minimum Gasteiger partial charge on any atom is -0.390 e. The third kappa shape index (κ3) is 3.72. The van der Waals surface area contributed by atoms with Gasteiger partial charge < -0.3 is 5.11 Å². The van der Waals surface area contributed by atoms with E-state index in [0.29, 0.717) is 24.4 Å². The Morgan fingerprint density at radius 1 is 1.27 bits per heavy atom. The molecule has 0 bridgehead atoms. The zero-order valence-corrected chi connectivity index (χ0v) is 13.7. The Labute approximate surface area is 136 Å². The number of β-amino-alcohol motifs (C(OH)–C–C–N with tert-alkyl or cyclic N) is 1. The lowest BCUT2D eigenvalue weighted by molar-refractivity contribution is 0.0738. The smallest absolute Gasteiger partial charge is 0.0862 e. The van der Waals surface area contributed by atoms with Gasteiger partial charge >= 0.3 is 0 Å². The lowest BCUT2D eigenvalue weighted by atomic mass is 10.0. The third-order valence-electron chi connectivity index (χ3n) is 4.14. The number of benzene rings is 1. The molecule has 4 nitrogen and oxygen atoms in total. The Hall–Kier alpha value is -1.30. The molecule has 1 saturated heterocycles. The highest BCUT2D eigenvalue weighted by molar-refractivity contribution is 8.00. The Kier molecular flexibility index (Phi) is 5.18. The van der Waals surface area contributed by atoms with Crippen molar-refractivity contribution >= 4 is 11.8 Å². The maximum atomic E-state index is 10.4. The summed E-state index contributed by atoms with van der Waals surface area (Å²) in [4.78, 5) is 2.42. The molecule has 1 aliphatic heterocycles. The van der Waals surface area contributed by atoms with E-state index < -0.39 is 6.10 Å². The van der Waals surface area contributed by atoms with E-state index in [1.807, 2.05) is 24.0 Å². The van der Waals surface area contributed by atoms with E-state index in [4.69, 9.17) is 0 Å². The molecule has 0 radical (unpaired) electrons. The predicted octanol–water partition coefficient (Wildman–Crippen LogP) is 2.42. The fraction of sp³-hybridized carbons (Fsp3) is 0.471. The van der Waals surface area contributed by atoms with E-state index in [9.17, 15) is 5.11 Å². The molecule has 1 fully saturated rings. The van der Waals surface area contributed by atoms with Crippen molar-refractivity contribution in [2.75, 3.05) is 18.8 Å². The van der Waals surface area contributed by atoms with Crippen LogP contribution in [0.25, 0.3) is 0 Å². The Balaban J connectivity index is 1.69. The maximum Gasteiger partial charge on any atom is 0.0862 e. The fourth-order valence-electron chi connectivity index (χ4n) is 3.17. The van der Waals surface area contributed by atoms with Gasteiger partial charge in [0.25, 0.3) is 0 Å². The topological polar surface area (TPSA) is 41.3 Å². The van der Waals surface area contributed by atoms with Gasteiger partial charge in [-0.3, -0.25) is 9.58 Å². The van der Waals surface area contributed by atoms with E-state index >= 15 is 0 Å². The number of hydrogen-bond acceptors (Lipinski definition) is 4. The van der Waals surface area contributed by atoms with Crippen LogP contribution in [0.5, 0.6) is 0 Å². The van der Waals surface area contributed by atoms with Crippen LogP contribution in [0.4, 0.5) is 0 Å². The van der Waals surface area contributed by atoms with Crippen LogP contribution in [-0.4, -0.2) is 50.0 Å². The lowest BCUT2D eigenvalue weighted by Gasteiger charge is -2.40. The monoisotopic (exact) mass is 317 g/mol. The summed E-state index contributed by atoms with van der Waals surface area (Å²) in [6.45, 7) is 4.54.